The Morgan fingerprint density at radius 2 is 2.07 bits per heavy atom. The topological polar surface area (TPSA) is 81.9 Å². The number of aryl methyl sites for hydroxylation is 4. The zero-order chi connectivity index (χ0) is 20.1. The molecule has 7 nitrogen and oxygen atoms in total. The summed E-state index contributed by atoms with van der Waals surface area (Å²) in [4.78, 5) is 21.6. The maximum absolute atomic E-state index is 12.5. The highest BCUT2D eigenvalue weighted by Crippen LogP contribution is 2.43. The van der Waals surface area contributed by atoms with Crippen LogP contribution < -0.4 is 10.1 Å². The van der Waals surface area contributed by atoms with Crippen LogP contribution in [0.25, 0.3) is 11.0 Å². The molecule has 29 heavy (non-hydrogen) atoms. The maximum atomic E-state index is 12.5. The molecule has 2 aliphatic carbocycles. The Kier molecular flexibility index (Phi) is 4.26. The molecule has 0 spiro atoms. The number of amides is 1. The van der Waals surface area contributed by atoms with Gasteiger partial charge in [-0.05, 0) is 56.7 Å². The summed E-state index contributed by atoms with van der Waals surface area (Å²) in [6.07, 6.45) is 4.16. The second kappa shape index (κ2) is 6.83. The minimum Gasteiger partial charge on any atom is -0.468 e. The van der Waals surface area contributed by atoms with Gasteiger partial charge in [0.1, 0.15) is 0 Å². The standard InChI is InChI=1S/C22H25N5O2/c1-12-10-19(25-22-20(12)21(14-5-6-14)26-27(22)3)29-11-18(28)24-17-9-8-16-15(17)7-4-13(2)23-16/h4,7,10,14,17H,5-6,8-9,11H2,1-3H3,(H,24,28)/t17-/m0/s1. The molecule has 0 aliphatic heterocycles. The molecule has 1 atom stereocenters. The number of carbonyl (C=O) groups is 1. The summed E-state index contributed by atoms with van der Waals surface area (Å²) >= 11 is 0. The first-order chi connectivity index (χ1) is 14.0. The lowest BCUT2D eigenvalue weighted by molar-refractivity contribution is -0.123. The average Bonchev–Trinajstić information content (AvgIpc) is 3.39. The van der Waals surface area contributed by atoms with E-state index < -0.39 is 0 Å². The SMILES string of the molecule is Cc1ccc2c(n1)CC[C@@H]2NC(=O)COc1cc(C)c2c(C3CC3)nn(C)c2n1. The number of nitrogens with zero attached hydrogens (tertiary/aromatic N) is 4. The number of carbonyl (C=O) groups excluding carboxylic acids is 1. The van der Waals surface area contributed by atoms with Crippen molar-refractivity contribution in [2.75, 3.05) is 6.61 Å². The number of pyridine rings is 2. The van der Waals surface area contributed by atoms with Crippen LogP contribution in [0.2, 0.25) is 0 Å². The predicted molar refractivity (Wildman–Crippen MR) is 109 cm³/mol. The van der Waals surface area contributed by atoms with Crippen molar-refractivity contribution in [3.8, 4) is 5.88 Å². The van der Waals surface area contributed by atoms with E-state index in [2.05, 4.69) is 33.4 Å². The first-order valence-corrected chi connectivity index (χ1v) is 10.2. The van der Waals surface area contributed by atoms with Crippen LogP contribution in [0.1, 0.15) is 59.4 Å². The molecule has 0 radical (unpaired) electrons. The lowest BCUT2D eigenvalue weighted by atomic mass is 10.1. The highest BCUT2D eigenvalue weighted by molar-refractivity contribution is 5.84. The van der Waals surface area contributed by atoms with Crippen molar-refractivity contribution < 1.29 is 9.53 Å². The van der Waals surface area contributed by atoms with Gasteiger partial charge in [-0.2, -0.15) is 10.1 Å². The van der Waals surface area contributed by atoms with E-state index in [1.165, 1.54) is 12.8 Å². The van der Waals surface area contributed by atoms with Gasteiger partial charge in [0.05, 0.1) is 11.7 Å². The van der Waals surface area contributed by atoms with Crippen LogP contribution in [0.4, 0.5) is 0 Å². The Hall–Kier alpha value is -2.96. The van der Waals surface area contributed by atoms with Crippen LogP contribution in [0.5, 0.6) is 5.88 Å². The summed E-state index contributed by atoms with van der Waals surface area (Å²) in [5, 5.41) is 8.85. The Labute approximate surface area is 169 Å². The van der Waals surface area contributed by atoms with Crippen LogP contribution in [-0.2, 0) is 18.3 Å². The van der Waals surface area contributed by atoms with Gasteiger partial charge in [0.2, 0.25) is 5.88 Å². The predicted octanol–water partition coefficient (Wildman–Crippen LogP) is 3.04. The lowest BCUT2D eigenvalue weighted by Gasteiger charge is -2.14. The van der Waals surface area contributed by atoms with Gasteiger partial charge in [-0.3, -0.25) is 14.5 Å². The molecular formula is C22H25N5O2. The van der Waals surface area contributed by atoms with Gasteiger partial charge < -0.3 is 10.1 Å². The second-order valence-electron chi connectivity index (χ2n) is 8.20. The molecule has 1 N–H and O–H groups in total. The van der Waals surface area contributed by atoms with Gasteiger partial charge in [0.15, 0.2) is 12.3 Å². The summed E-state index contributed by atoms with van der Waals surface area (Å²) in [5.74, 6) is 0.871. The average molecular weight is 391 g/mol. The van der Waals surface area contributed by atoms with Crippen LogP contribution in [0.3, 0.4) is 0 Å². The van der Waals surface area contributed by atoms with Crippen LogP contribution >= 0.6 is 0 Å². The van der Waals surface area contributed by atoms with E-state index in [0.29, 0.717) is 11.8 Å². The van der Waals surface area contributed by atoms with Crippen molar-refractivity contribution >= 4 is 16.9 Å². The van der Waals surface area contributed by atoms with Gasteiger partial charge in [-0.15, -0.1) is 0 Å². The lowest BCUT2D eigenvalue weighted by Crippen LogP contribution is -2.31. The monoisotopic (exact) mass is 391 g/mol. The van der Waals surface area contributed by atoms with Crippen LogP contribution in [0, 0.1) is 13.8 Å². The molecular weight excluding hydrogens is 366 g/mol. The molecule has 3 aromatic rings. The number of hydrogen-bond donors (Lipinski definition) is 1. The van der Waals surface area contributed by atoms with E-state index >= 15 is 0 Å². The zero-order valence-corrected chi connectivity index (χ0v) is 17.0. The largest absolute Gasteiger partial charge is 0.468 e. The van der Waals surface area contributed by atoms with Crippen molar-refractivity contribution in [3.63, 3.8) is 0 Å². The number of rotatable bonds is 5. The molecule has 1 amide bonds. The highest BCUT2D eigenvalue weighted by atomic mass is 16.5. The Balaban J connectivity index is 1.28. The third kappa shape index (κ3) is 3.34. The summed E-state index contributed by atoms with van der Waals surface area (Å²) < 4.78 is 7.55. The third-order valence-corrected chi connectivity index (χ3v) is 5.84. The van der Waals surface area contributed by atoms with Crippen molar-refractivity contribution in [2.24, 2.45) is 7.05 Å². The summed E-state index contributed by atoms with van der Waals surface area (Å²) in [6.45, 7) is 3.98. The molecule has 2 aliphatic rings. The number of nitrogens with one attached hydrogen (secondary N) is 1. The quantitative estimate of drug-likeness (QED) is 0.723. The molecule has 1 saturated carbocycles. The van der Waals surface area contributed by atoms with E-state index in [9.17, 15) is 4.79 Å². The van der Waals surface area contributed by atoms with E-state index in [1.807, 2.05) is 30.8 Å². The van der Waals surface area contributed by atoms with E-state index in [1.54, 1.807) is 0 Å². The molecule has 150 valence electrons. The van der Waals surface area contributed by atoms with Gasteiger partial charge in [0, 0.05) is 35.8 Å². The first-order valence-electron chi connectivity index (χ1n) is 10.2. The van der Waals surface area contributed by atoms with Gasteiger partial charge in [0.25, 0.3) is 5.91 Å². The summed E-state index contributed by atoms with van der Waals surface area (Å²) in [7, 11) is 1.91. The van der Waals surface area contributed by atoms with Gasteiger partial charge in [-0.25, -0.2) is 0 Å². The molecule has 5 rings (SSSR count). The van der Waals surface area contributed by atoms with Crippen LogP contribution in [-0.4, -0.2) is 32.3 Å². The fraction of sp³-hybridized carbons (Fsp3) is 0.455. The number of ether oxygens (including phenoxy) is 1. The third-order valence-electron chi connectivity index (χ3n) is 5.84. The fourth-order valence-electron chi connectivity index (χ4n) is 4.25. The van der Waals surface area contributed by atoms with Crippen molar-refractivity contribution in [1.29, 1.82) is 0 Å². The van der Waals surface area contributed by atoms with E-state index in [0.717, 1.165) is 52.1 Å². The smallest absolute Gasteiger partial charge is 0.258 e. The fourth-order valence-corrected chi connectivity index (χ4v) is 4.25. The molecule has 3 aromatic heterocycles. The molecule has 0 bridgehead atoms. The zero-order valence-electron chi connectivity index (χ0n) is 17.0. The second-order valence-corrected chi connectivity index (χ2v) is 8.20. The van der Waals surface area contributed by atoms with Crippen molar-refractivity contribution in [2.45, 2.75) is 51.5 Å². The van der Waals surface area contributed by atoms with Crippen molar-refractivity contribution in [1.82, 2.24) is 25.1 Å². The first kappa shape index (κ1) is 18.1. The number of hydrogen-bond acceptors (Lipinski definition) is 5. The van der Waals surface area contributed by atoms with E-state index in [4.69, 9.17) is 4.74 Å². The van der Waals surface area contributed by atoms with Crippen molar-refractivity contribution in [3.05, 3.63) is 46.4 Å². The number of fused-ring (bicyclic) bond motifs is 2. The van der Waals surface area contributed by atoms with Gasteiger partial charge >= 0.3 is 0 Å². The molecule has 0 unspecified atom stereocenters. The highest BCUT2D eigenvalue weighted by Gasteiger charge is 2.30. The van der Waals surface area contributed by atoms with Gasteiger partial charge in [-0.1, -0.05) is 6.07 Å². The molecule has 3 heterocycles. The van der Waals surface area contributed by atoms with Crippen LogP contribution in [0.15, 0.2) is 18.2 Å². The van der Waals surface area contributed by atoms with E-state index in [-0.39, 0.29) is 18.6 Å². The molecule has 7 heteroatoms. The minimum absolute atomic E-state index is 0.00421. The summed E-state index contributed by atoms with van der Waals surface area (Å²) in [5.41, 5.74) is 6.25. The Bertz CT molecular complexity index is 1120. The normalized spacial score (nSPS) is 18.1. The number of aromatic nitrogens is 4. The molecule has 1 fully saturated rings. The molecule has 0 aromatic carbocycles. The Morgan fingerprint density at radius 3 is 2.86 bits per heavy atom. The minimum atomic E-state index is -0.147. The summed E-state index contributed by atoms with van der Waals surface area (Å²) in [6, 6.07) is 5.96. The molecule has 0 saturated heterocycles. The Morgan fingerprint density at radius 1 is 1.24 bits per heavy atom. The maximum Gasteiger partial charge on any atom is 0.258 e.